The van der Waals surface area contributed by atoms with Gasteiger partial charge in [0.1, 0.15) is 11.6 Å². The fourth-order valence-corrected chi connectivity index (χ4v) is 3.03. The number of hydrogen-bond acceptors (Lipinski definition) is 7. The molecule has 2 aromatic carbocycles. The Labute approximate surface area is 182 Å². The van der Waals surface area contributed by atoms with Gasteiger partial charge in [0.25, 0.3) is 0 Å². The van der Waals surface area contributed by atoms with Crippen molar-refractivity contribution in [1.82, 2.24) is 15.0 Å². The van der Waals surface area contributed by atoms with Gasteiger partial charge in [-0.25, -0.2) is 24.1 Å². The molecule has 0 bridgehead atoms. The van der Waals surface area contributed by atoms with Crippen LogP contribution in [-0.2, 0) is 4.74 Å². The topological polar surface area (TPSA) is 98.3 Å². The molecule has 0 fully saturated rings. The molecule has 0 radical (unpaired) electrons. The second kappa shape index (κ2) is 8.96. The lowest BCUT2D eigenvalue weighted by atomic mass is 10.1. The lowest BCUT2D eigenvalue weighted by Crippen LogP contribution is -2.10. The van der Waals surface area contributed by atoms with Gasteiger partial charge in [0.2, 0.25) is 5.89 Å². The van der Waals surface area contributed by atoms with E-state index in [-0.39, 0.29) is 29.5 Å². The number of aliphatic hydroxyl groups excluding tert-OH is 1. The normalized spacial score (nSPS) is 11.6. The third-order valence-electron chi connectivity index (χ3n) is 4.47. The first-order valence-electron chi connectivity index (χ1n) is 9.81. The van der Waals surface area contributed by atoms with E-state index in [0.29, 0.717) is 22.3 Å². The molecule has 32 heavy (non-hydrogen) atoms. The highest BCUT2D eigenvalue weighted by Gasteiger charge is 2.17. The minimum atomic E-state index is -1.18. The molecule has 0 saturated carbocycles. The summed E-state index contributed by atoms with van der Waals surface area (Å²) in [4.78, 5) is 25.2. The number of carbonyl (C=O) groups excluding carboxylic acids is 1. The molecule has 0 aliphatic carbocycles. The van der Waals surface area contributed by atoms with Crippen molar-refractivity contribution in [1.29, 1.82) is 0 Å². The Morgan fingerprint density at radius 3 is 2.84 bits per heavy atom. The molecule has 8 heteroatoms. The number of oxazole rings is 1. The van der Waals surface area contributed by atoms with E-state index in [1.165, 1.54) is 24.4 Å². The monoisotopic (exact) mass is 431 g/mol. The maximum atomic E-state index is 13.8. The largest absolute Gasteiger partial charge is 0.461 e. The highest BCUT2D eigenvalue weighted by Crippen LogP contribution is 2.24. The van der Waals surface area contributed by atoms with E-state index in [4.69, 9.17) is 9.15 Å². The highest BCUT2D eigenvalue weighted by atomic mass is 19.1. The predicted octanol–water partition coefficient (Wildman–Crippen LogP) is 3.99. The molecule has 1 unspecified atom stereocenters. The van der Waals surface area contributed by atoms with Crippen LogP contribution in [0.5, 0.6) is 0 Å². The summed E-state index contributed by atoms with van der Waals surface area (Å²) in [5, 5.41) is 10.5. The quantitative estimate of drug-likeness (QED) is 0.385. The molecule has 1 N–H and O–H groups in total. The Morgan fingerprint density at radius 1 is 1.25 bits per heavy atom. The average Bonchev–Trinajstić information content (AvgIpc) is 3.23. The third-order valence-corrected chi connectivity index (χ3v) is 4.47. The number of ether oxygens (including phenoxy) is 1. The van der Waals surface area contributed by atoms with Crippen LogP contribution in [0.25, 0.3) is 22.3 Å². The second-order valence-corrected chi connectivity index (χ2v) is 6.84. The number of carbonyl (C=O) groups is 1. The fourth-order valence-electron chi connectivity index (χ4n) is 3.03. The van der Waals surface area contributed by atoms with E-state index in [0.717, 1.165) is 0 Å². The molecule has 0 amide bonds. The van der Waals surface area contributed by atoms with Gasteiger partial charge in [0.15, 0.2) is 17.6 Å². The zero-order valence-electron chi connectivity index (χ0n) is 17.3. The first-order chi connectivity index (χ1) is 15.4. The van der Waals surface area contributed by atoms with Crippen LogP contribution in [0.1, 0.15) is 40.7 Å². The van der Waals surface area contributed by atoms with E-state index in [2.05, 4.69) is 26.8 Å². The van der Waals surface area contributed by atoms with Gasteiger partial charge in [0, 0.05) is 22.6 Å². The van der Waals surface area contributed by atoms with Gasteiger partial charge >= 0.3 is 5.97 Å². The van der Waals surface area contributed by atoms with E-state index in [9.17, 15) is 14.3 Å². The molecule has 0 aliphatic heterocycles. The zero-order chi connectivity index (χ0) is 22.7. The maximum Gasteiger partial charge on any atom is 0.357 e. The van der Waals surface area contributed by atoms with Crippen molar-refractivity contribution in [2.24, 2.45) is 0 Å². The summed E-state index contributed by atoms with van der Waals surface area (Å²) in [7, 11) is 0. The number of aryl methyl sites for hydroxylation is 1. The molecule has 2 heterocycles. The van der Waals surface area contributed by atoms with Crippen LogP contribution in [0.4, 0.5) is 4.39 Å². The summed E-state index contributed by atoms with van der Waals surface area (Å²) in [6.07, 6.45) is 0.324. The van der Waals surface area contributed by atoms with Crippen molar-refractivity contribution in [2.75, 3.05) is 6.61 Å². The molecule has 0 saturated heterocycles. The van der Waals surface area contributed by atoms with E-state index in [1.807, 2.05) is 0 Å². The number of nitrogens with zero attached hydrogens (tertiary/aromatic N) is 3. The van der Waals surface area contributed by atoms with E-state index < -0.39 is 17.9 Å². The SMILES string of the molecule is CCOC(=O)c1nc(-c2cccc(C#CC(O)c3ncc(C)o3)c2)nc2cc(F)ccc12. The van der Waals surface area contributed by atoms with Crippen LogP contribution in [-0.4, -0.2) is 32.6 Å². The minimum absolute atomic E-state index is 0.0537. The molecule has 160 valence electrons. The number of halogens is 1. The molecule has 7 nitrogen and oxygen atoms in total. The van der Waals surface area contributed by atoms with Gasteiger partial charge in [-0.1, -0.05) is 24.0 Å². The van der Waals surface area contributed by atoms with Crippen molar-refractivity contribution < 1.29 is 23.4 Å². The van der Waals surface area contributed by atoms with Gasteiger partial charge in [-0.2, -0.15) is 0 Å². The first-order valence-corrected chi connectivity index (χ1v) is 9.81. The minimum Gasteiger partial charge on any atom is -0.461 e. The molecule has 4 aromatic rings. The zero-order valence-corrected chi connectivity index (χ0v) is 17.3. The van der Waals surface area contributed by atoms with Crippen LogP contribution in [0.15, 0.2) is 53.1 Å². The Hall–Kier alpha value is -4.09. The Morgan fingerprint density at radius 2 is 2.09 bits per heavy atom. The third kappa shape index (κ3) is 4.48. The predicted molar refractivity (Wildman–Crippen MR) is 114 cm³/mol. The highest BCUT2D eigenvalue weighted by molar-refractivity contribution is 6.02. The van der Waals surface area contributed by atoms with Crippen LogP contribution in [0.2, 0.25) is 0 Å². The number of rotatable bonds is 4. The first kappa shape index (κ1) is 21.2. The number of aromatic nitrogens is 3. The van der Waals surface area contributed by atoms with Crippen molar-refractivity contribution in [3.05, 3.63) is 77.4 Å². The summed E-state index contributed by atoms with van der Waals surface area (Å²) in [5.41, 5.74) is 1.47. The summed E-state index contributed by atoms with van der Waals surface area (Å²) >= 11 is 0. The van der Waals surface area contributed by atoms with E-state index in [1.54, 1.807) is 38.1 Å². The molecule has 2 aromatic heterocycles. The number of hydrogen-bond donors (Lipinski definition) is 1. The molecule has 4 rings (SSSR count). The van der Waals surface area contributed by atoms with Crippen LogP contribution >= 0.6 is 0 Å². The van der Waals surface area contributed by atoms with Gasteiger partial charge in [-0.15, -0.1) is 0 Å². The summed E-state index contributed by atoms with van der Waals surface area (Å²) in [6, 6.07) is 10.9. The van der Waals surface area contributed by atoms with Gasteiger partial charge in [0.05, 0.1) is 18.3 Å². The smallest absolute Gasteiger partial charge is 0.357 e. The van der Waals surface area contributed by atoms with Crippen LogP contribution in [0, 0.1) is 24.6 Å². The molecular formula is C24H18FN3O4. The van der Waals surface area contributed by atoms with Crippen molar-refractivity contribution in [3.8, 4) is 23.2 Å². The van der Waals surface area contributed by atoms with E-state index >= 15 is 0 Å². The van der Waals surface area contributed by atoms with Crippen LogP contribution < -0.4 is 0 Å². The number of benzene rings is 2. The standard InChI is InChI=1S/C24H18FN3O4/c1-3-31-24(30)21-18-9-8-17(25)12-19(18)27-22(28-21)16-6-4-5-15(11-16)7-10-20(29)23-26-13-14(2)32-23/h4-6,8-9,11-13,20,29H,3H2,1-2H3. The number of esters is 1. The lowest BCUT2D eigenvalue weighted by molar-refractivity contribution is 0.0522. The van der Waals surface area contributed by atoms with Crippen LogP contribution in [0.3, 0.4) is 0 Å². The number of fused-ring (bicyclic) bond motifs is 1. The summed E-state index contributed by atoms with van der Waals surface area (Å²) in [6.45, 7) is 3.59. The molecular weight excluding hydrogens is 413 g/mol. The van der Waals surface area contributed by atoms with Gasteiger partial charge in [-0.3, -0.25) is 0 Å². The van der Waals surface area contributed by atoms with Crippen molar-refractivity contribution >= 4 is 16.9 Å². The Bertz CT molecular complexity index is 1370. The average molecular weight is 431 g/mol. The Kier molecular flexibility index (Phi) is 5.92. The lowest BCUT2D eigenvalue weighted by Gasteiger charge is -2.09. The number of aliphatic hydroxyl groups is 1. The molecule has 0 spiro atoms. The summed E-state index contributed by atoms with van der Waals surface area (Å²) in [5.74, 6) is 5.35. The fraction of sp³-hybridized carbons (Fsp3) is 0.167. The molecule has 1 atom stereocenters. The van der Waals surface area contributed by atoms with Gasteiger partial charge in [-0.05, 0) is 38.1 Å². The second-order valence-electron chi connectivity index (χ2n) is 6.84. The summed E-state index contributed by atoms with van der Waals surface area (Å²) < 4.78 is 24.2. The molecule has 0 aliphatic rings. The Balaban J connectivity index is 1.73. The maximum absolute atomic E-state index is 13.8. The van der Waals surface area contributed by atoms with Crippen molar-refractivity contribution in [2.45, 2.75) is 20.0 Å². The van der Waals surface area contributed by atoms with Gasteiger partial charge < -0.3 is 14.3 Å². The van der Waals surface area contributed by atoms with Crippen molar-refractivity contribution in [3.63, 3.8) is 0 Å².